The number of guanidine groups is 1. The van der Waals surface area contributed by atoms with Crippen molar-refractivity contribution >= 4 is 55.5 Å². The Morgan fingerprint density at radius 3 is 2.90 bits per heavy atom. The van der Waals surface area contributed by atoms with Crippen LogP contribution in [0.3, 0.4) is 0 Å². The number of benzene rings is 1. The second-order valence-electron chi connectivity index (χ2n) is 7.49. The number of nitrogens with two attached hydrogens (primary N) is 1. The number of aliphatic imine (C=N–C) groups is 1. The van der Waals surface area contributed by atoms with Crippen LogP contribution in [0.2, 0.25) is 5.02 Å². The van der Waals surface area contributed by atoms with E-state index in [1.165, 1.54) is 15.6 Å². The van der Waals surface area contributed by atoms with Gasteiger partial charge in [0.15, 0.2) is 0 Å². The van der Waals surface area contributed by atoms with Crippen LogP contribution >= 0.6 is 22.9 Å². The molecule has 0 radical (unpaired) electrons. The van der Waals surface area contributed by atoms with Crippen molar-refractivity contribution in [3.8, 4) is 22.2 Å². The van der Waals surface area contributed by atoms with E-state index in [2.05, 4.69) is 31.0 Å². The third-order valence-corrected chi connectivity index (χ3v) is 9.15. The third kappa shape index (κ3) is 3.29. The molecule has 0 amide bonds. The van der Waals surface area contributed by atoms with Crippen LogP contribution in [0.5, 0.6) is 0 Å². The minimum absolute atomic E-state index is 0.161. The van der Waals surface area contributed by atoms with Crippen LogP contribution in [-0.2, 0) is 15.2 Å². The van der Waals surface area contributed by atoms with Gasteiger partial charge in [0.1, 0.15) is 5.54 Å². The number of imidazole rings is 1. The summed E-state index contributed by atoms with van der Waals surface area (Å²) in [6, 6.07) is 7.39. The summed E-state index contributed by atoms with van der Waals surface area (Å²) in [5, 5.41) is 8.82. The van der Waals surface area contributed by atoms with Crippen molar-refractivity contribution in [1.29, 1.82) is 0 Å². The molecule has 0 bridgehead atoms. The number of fused-ring (bicyclic) bond motifs is 1. The summed E-state index contributed by atoms with van der Waals surface area (Å²) in [6.07, 6.45) is 1.63. The first kappa shape index (κ1) is 20.0. The Bertz CT molecular complexity index is 1450. The second kappa shape index (κ2) is 6.81. The maximum Gasteiger partial charge on any atom is 0.258 e. The molecule has 3 N–H and O–H groups in total. The molecule has 2 atom stereocenters. The number of H-pyrrole nitrogens is 1. The van der Waals surface area contributed by atoms with E-state index in [1.54, 1.807) is 19.4 Å². The lowest BCUT2D eigenvalue weighted by atomic mass is 10.0. The predicted molar refractivity (Wildman–Crippen MR) is 125 cm³/mol. The molecule has 4 aromatic rings. The largest absolute Gasteiger partial charge is 0.415 e. The van der Waals surface area contributed by atoms with E-state index in [9.17, 15) is 4.21 Å². The Labute approximate surface area is 187 Å². The maximum absolute atomic E-state index is 12.9. The van der Waals surface area contributed by atoms with Crippen molar-refractivity contribution in [2.45, 2.75) is 12.5 Å². The van der Waals surface area contributed by atoms with Gasteiger partial charge in [-0.25, -0.2) is 14.2 Å². The van der Waals surface area contributed by atoms with Gasteiger partial charge in [-0.3, -0.25) is 4.31 Å². The zero-order valence-corrected chi connectivity index (χ0v) is 19.0. The van der Waals surface area contributed by atoms with Gasteiger partial charge in [-0.15, -0.1) is 21.5 Å². The minimum atomic E-state index is -2.62. The van der Waals surface area contributed by atoms with Crippen LogP contribution in [0, 0.1) is 0 Å². The summed E-state index contributed by atoms with van der Waals surface area (Å²) in [4.78, 5) is 13.2. The van der Waals surface area contributed by atoms with E-state index < -0.39 is 15.2 Å². The van der Waals surface area contributed by atoms with Crippen molar-refractivity contribution in [3.63, 3.8) is 0 Å². The number of hydrogen-bond acceptors (Lipinski definition) is 8. The summed E-state index contributed by atoms with van der Waals surface area (Å²) >= 11 is 7.90. The third-order valence-electron chi connectivity index (χ3n) is 5.17. The molecule has 0 saturated carbocycles. The molecule has 0 spiro atoms. The highest BCUT2D eigenvalue weighted by atomic mass is 35.5. The Kier molecular flexibility index (Phi) is 4.40. The number of aromatic nitrogens is 4. The van der Waals surface area contributed by atoms with Crippen LogP contribution in [-0.4, -0.2) is 53.3 Å². The molecular weight excluding hydrogens is 458 g/mol. The molecule has 12 heteroatoms. The van der Waals surface area contributed by atoms with Crippen LogP contribution in [0.4, 0.5) is 0 Å². The van der Waals surface area contributed by atoms with Crippen molar-refractivity contribution in [3.05, 3.63) is 40.5 Å². The lowest BCUT2D eigenvalue weighted by molar-refractivity contribution is 0.522. The fraction of sp³-hybridized carbons (Fsp3) is 0.211. The number of halogens is 1. The van der Waals surface area contributed by atoms with Crippen molar-refractivity contribution in [2.75, 3.05) is 12.8 Å². The van der Waals surface area contributed by atoms with Gasteiger partial charge >= 0.3 is 0 Å². The van der Waals surface area contributed by atoms with Crippen LogP contribution in [0.25, 0.3) is 33.3 Å². The molecular formula is C19H18ClN7O2S2. The zero-order valence-electron chi connectivity index (χ0n) is 16.6. The number of hydrogen-bond donors (Lipinski definition) is 2. The van der Waals surface area contributed by atoms with Gasteiger partial charge in [-0.2, -0.15) is 0 Å². The molecule has 9 nitrogen and oxygen atoms in total. The van der Waals surface area contributed by atoms with Gasteiger partial charge in [0.25, 0.3) is 5.89 Å². The molecule has 31 heavy (non-hydrogen) atoms. The Morgan fingerprint density at radius 1 is 1.35 bits per heavy atom. The monoisotopic (exact) mass is 475 g/mol. The standard InChI is InChI=1S/C19H18ClN7O2S2/c1-19(8-31(3,28)27(2)18(21)24-19)15-11(20)7-14(30-15)17-26-25-16(29-17)10-4-5-12-13(6-10)23-9-22-12/h4-7,9H,3,8H2,1-2H3,(H2,21,24)(H,22,23)/t19-,31?/m0/s1. The summed E-state index contributed by atoms with van der Waals surface area (Å²) in [5.74, 6) is 4.90. The number of thiophene rings is 1. The zero-order chi connectivity index (χ0) is 22.0. The van der Waals surface area contributed by atoms with E-state index in [0.29, 0.717) is 21.7 Å². The first-order chi connectivity index (χ1) is 14.7. The van der Waals surface area contributed by atoms with Crippen molar-refractivity contribution in [2.24, 2.45) is 10.7 Å². The van der Waals surface area contributed by atoms with Gasteiger partial charge in [0, 0.05) is 12.6 Å². The number of aromatic amines is 1. The van der Waals surface area contributed by atoms with Gasteiger partial charge in [-0.05, 0) is 37.1 Å². The topological polar surface area (TPSA) is 126 Å². The Balaban J connectivity index is 1.52. The van der Waals surface area contributed by atoms with Gasteiger partial charge in [0.05, 0.1) is 47.6 Å². The van der Waals surface area contributed by atoms with Gasteiger partial charge < -0.3 is 15.1 Å². The highest BCUT2D eigenvalue weighted by Crippen LogP contribution is 2.44. The summed E-state index contributed by atoms with van der Waals surface area (Å²) in [7, 11) is -0.997. The Morgan fingerprint density at radius 2 is 2.13 bits per heavy atom. The maximum atomic E-state index is 12.9. The average Bonchev–Trinajstić information content (AvgIpc) is 3.44. The van der Waals surface area contributed by atoms with Crippen LogP contribution in [0.1, 0.15) is 11.8 Å². The highest BCUT2D eigenvalue weighted by molar-refractivity contribution is 7.98. The van der Waals surface area contributed by atoms with Crippen LogP contribution in [0.15, 0.2) is 40.0 Å². The highest BCUT2D eigenvalue weighted by Gasteiger charge is 2.40. The fourth-order valence-electron chi connectivity index (χ4n) is 3.53. The molecule has 0 saturated heterocycles. The molecule has 1 aliphatic heterocycles. The first-order valence-corrected chi connectivity index (χ1v) is 12.2. The lowest BCUT2D eigenvalue weighted by Crippen LogP contribution is -2.50. The molecule has 1 unspecified atom stereocenters. The van der Waals surface area contributed by atoms with Crippen molar-refractivity contribution in [1.82, 2.24) is 24.5 Å². The summed E-state index contributed by atoms with van der Waals surface area (Å²) in [5.41, 5.74) is 7.64. The van der Waals surface area contributed by atoms with E-state index in [0.717, 1.165) is 21.5 Å². The number of nitrogens with one attached hydrogen (secondary N) is 1. The fourth-order valence-corrected chi connectivity index (χ4v) is 6.84. The smallest absolute Gasteiger partial charge is 0.258 e. The second-order valence-corrected chi connectivity index (χ2v) is 11.3. The molecule has 4 heterocycles. The molecule has 160 valence electrons. The molecule has 1 aromatic carbocycles. The molecule has 3 aromatic heterocycles. The predicted octanol–water partition coefficient (Wildman–Crippen LogP) is 3.10. The van der Waals surface area contributed by atoms with Crippen LogP contribution < -0.4 is 5.73 Å². The Hall–Kier alpha value is -2.89. The summed E-state index contributed by atoms with van der Waals surface area (Å²) < 4.78 is 20.2. The molecule has 0 fully saturated rings. The summed E-state index contributed by atoms with van der Waals surface area (Å²) in [6.45, 7) is 1.85. The molecule has 5 rings (SSSR count). The SMILES string of the molecule is C=S1(=O)C[C@@](C)(c2sc(-c3nnc(-c4ccc5nc[nH]c5c4)o3)cc2Cl)N=C(N)N1C. The first-order valence-electron chi connectivity index (χ1n) is 9.18. The van der Waals surface area contributed by atoms with Crippen molar-refractivity contribution < 1.29 is 8.63 Å². The number of nitrogens with zero attached hydrogens (tertiary/aromatic N) is 5. The lowest BCUT2D eigenvalue weighted by Gasteiger charge is -2.36. The van der Waals surface area contributed by atoms with E-state index in [4.69, 9.17) is 21.8 Å². The van der Waals surface area contributed by atoms with E-state index >= 15 is 0 Å². The average molecular weight is 476 g/mol. The van der Waals surface area contributed by atoms with Gasteiger partial charge in [0.2, 0.25) is 11.9 Å². The molecule has 1 aliphatic rings. The normalized spacial score (nSPS) is 24.0. The van der Waals surface area contributed by atoms with E-state index in [1.807, 2.05) is 25.1 Å². The minimum Gasteiger partial charge on any atom is -0.415 e. The quantitative estimate of drug-likeness (QED) is 0.438. The molecule has 0 aliphatic carbocycles. The van der Waals surface area contributed by atoms with E-state index in [-0.39, 0.29) is 11.7 Å². The van der Waals surface area contributed by atoms with Gasteiger partial charge in [-0.1, -0.05) is 11.6 Å². The number of rotatable bonds is 3.